The Morgan fingerprint density at radius 3 is 2.60 bits per heavy atom. The Hall–Kier alpha value is -2.07. The summed E-state index contributed by atoms with van der Waals surface area (Å²) in [5.41, 5.74) is 1.06. The molecule has 0 saturated heterocycles. The highest BCUT2D eigenvalue weighted by Crippen LogP contribution is 2.09. The monoisotopic (exact) mass is 273 g/mol. The summed E-state index contributed by atoms with van der Waals surface area (Å²) in [6, 6.07) is 13.5. The fourth-order valence-corrected chi connectivity index (χ4v) is 2.06. The highest BCUT2D eigenvalue weighted by Gasteiger charge is 2.14. The Kier molecular flexibility index (Phi) is 5.38. The summed E-state index contributed by atoms with van der Waals surface area (Å²) in [4.78, 5) is 13.9. The fraction of sp³-hybridized carbons (Fsp3) is 0.312. The first-order chi connectivity index (χ1) is 9.79. The molecule has 0 bridgehead atoms. The number of rotatable bonds is 7. The number of furan rings is 1. The molecule has 1 aromatic carbocycles. The van der Waals surface area contributed by atoms with Crippen LogP contribution in [0.4, 0.5) is 0 Å². The molecule has 1 amide bonds. The van der Waals surface area contributed by atoms with E-state index in [0.717, 1.165) is 11.3 Å². The molecule has 1 heterocycles. The van der Waals surface area contributed by atoms with Crippen molar-refractivity contribution >= 4 is 5.91 Å². The lowest BCUT2D eigenvalue weighted by Gasteiger charge is -2.21. The number of hydrogen-bond donors (Lipinski definition) is 1. The van der Waals surface area contributed by atoms with Crippen molar-refractivity contribution in [1.82, 2.24) is 4.90 Å². The number of aryl methyl sites for hydroxylation is 1. The zero-order chi connectivity index (χ0) is 14.2. The molecule has 0 fully saturated rings. The first-order valence-electron chi connectivity index (χ1n) is 6.74. The second-order valence-corrected chi connectivity index (χ2v) is 4.60. The molecule has 0 unspecified atom stereocenters. The van der Waals surface area contributed by atoms with E-state index in [1.54, 1.807) is 11.2 Å². The van der Waals surface area contributed by atoms with Crippen molar-refractivity contribution < 1.29 is 14.3 Å². The van der Waals surface area contributed by atoms with Crippen molar-refractivity contribution in [2.45, 2.75) is 19.4 Å². The topological polar surface area (TPSA) is 53.7 Å². The van der Waals surface area contributed by atoms with E-state index < -0.39 is 0 Å². The van der Waals surface area contributed by atoms with Crippen molar-refractivity contribution in [3.63, 3.8) is 0 Å². The van der Waals surface area contributed by atoms with Gasteiger partial charge in [-0.15, -0.1) is 0 Å². The Morgan fingerprint density at radius 2 is 1.95 bits per heavy atom. The predicted octanol–water partition coefficient (Wildman–Crippen LogP) is 2.23. The van der Waals surface area contributed by atoms with Gasteiger partial charge in [0, 0.05) is 25.9 Å². The number of carbonyl (C=O) groups excluding carboxylic acids is 1. The molecule has 0 atom stereocenters. The van der Waals surface area contributed by atoms with Crippen molar-refractivity contribution in [2.75, 3.05) is 13.2 Å². The summed E-state index contributed by atoms with van der Waals surface area (Å²) in [6.07, 6.45) is 2.58. The molecule has 0 aliphatic rings. The minimum absolute atomic E-state index is 0.0271. The molecule has 20 heavy (non-hydrogen) atoms. The summed E-state index contributed by atoms with van der Waals surface area (Å²) in [5.74, 6) is 0.835. The van der Waals surface area contributed by atoms with E-state index in [1.165, 1.54) is 0 Å². The highest BCUT2D eigenvalue weighted by atomic mass is 16.3. The van der Waals surface area contributed by atoms with Gasteiger partial charge in [0.05, 0.1) is 12.9 Å². The van der Waals surface area contributed by atoms with Gasteiger partial charge in [-0.05, 0) is 17.7 Å². The quantitative estimate of drug-likeness (QED) is 0.841. The molecule has 0 spiro atoms. The van der Waals surface area contributed by atoms with Crippen LogP contribution in [0.3, 0.4) is 0 Å². The van der Waals surface area contributed by atoms with Crippen LogP contribution in [-0.4, -0.2) is 29.1 Å². The number of carbonyl (C=O) groups is 1. The largest absolute Gasteiger partial charge is 0.469 e. The molecular weight excluding hydrogens is 254 g/mol. The number of aliphatic hydroxyl groups is 1. The van der Waals surface area contributed by atoms with Gasteiger partial charge in [-0.25, -0.2) is 0 Å². The lowest BCUT2D eigenvalue weighted by atomic mass is 10.2. The van der Waals surface area contributed by atoms with Crippen LogP contribution < -0.4 is 0 Å². The smallest absolute Gasteiger partial charge is 0.223 e. The maximum atomic E-state index is 12.2. The second kappa shape index (κ2) is 7.50. The van der Waals surface area contributed by atoms with Crippen LogP contribution in [0.1, 0.15) is 17.7 Å². The third-order valence-corrected chi connectivity index (χ3v) is 3.10. The summed E-state index contributed by atoms with van der Waals surface area (Å²) < 4.78 is 5.22. The minimum atomic E-state index is -0.0284. The molecule has 0 aliphatic heterocycles. The van der Waals surface area contributed by atoms with Crippen molar-refractivity contribution in [2.24, 2.45) is 0 Å². The molecular formula is C16H19NO3. The van der Waals surface area contributed by atoms with Gasteiger partial charge in [0.25, 0.3) is 0 Å². The molecule has 0 aliphatic carbocycles. The van der Waals surface area contributed by atoms with Gasteiger partial charge < -0.3 is 14.4 Å². The van der Waals surface area contributed by atoms with E-state index in [2.05, 4.69) is 0 Å². The molecule has 106 valence electrons. The molecule has 4 heteroatoms. The van der Waals surface area contributed by atoms with Crippen LogP contribution in [0.5, 0.6) is 0 Å². The van der Waals surface area contributed by atoms with Crippen molar-refractivity contribution in [3.8, 4) is 0 Å². The number of amides is 1. The van der Waals surface area contributed by atoms with E-state index in [-0.39, 0.29) is 12.5 Å². The number of nitrogens with zero attached hydrogens (tertiary/aromatic N) is 1. The van der Waals surface area contributed by atoms with Crippen LogP contribution in [0.25, 0.3) is 0 Å². The van der Waals surface area contributed by atoms with Crippen molar-refractivity contribution in [3.05, 3.63) is 60.1 Å². The Morgan fingerprint density at radius 1 is 1.15 bits per heavy atom. The molecule has 0 radical (unpaired) electrons. The number of aliphatic hydroxyl groups excluding tert-OH is 1. The maximum absolute atomic E-state index is 12.2. The van der Waals surface area contributed by atoms with Crippen LogP contribution in [0.15, 0.2) is 53.1 Å². The van der Waals surface area contributed by atoms with Crippen LogP contribution in [0, 0.1) is 0 Å². The Balaban J connectivity index is 1.91. The average molecular weight is 273 g/mol. The predicted molar refractivity (Wildman–Crippen MR) is 76.0 cm³/mol. The third kappa shape index (κ3) is 4.24. The van der Waals surface area contributed by atoms with E-state index in [4.69, 9.17) is 9.52 Å². The highest BCUT2D eigenvalue weighted by molar-refractivity contribution is 5.76. The Labute approximate surface area is 118 Å². The normalized spacial score (nSPS) is 10.4. The van der Waals surface area contributed by atoms with Crippen LogP contribution in [-0.2, 0) is 17.8 Å². The third-order valence-electron chi connectivity index (χ3n) is 3.10. The lowest BCUT2D eigenvalue weighted by Crippen LogP contribution is -2.33. The number of hydrogen-bond acceptors (Lipinski definition) is 3. The van der Waals surface area contributed by atoms with Crippen LogP contribution >= 0.6 is 0 Å². The maximum Gasteiger partial charge on any atom is 0.223 e. The molecule has 0 saturated carbocycles. The van der Waals surface area contributed by atoms with E-state index in [1.807, 2.05) is 42.5 Å². The fourth-order valence-electron chi connectivity index (χ4n) is 2.06. The van der Waals surface area contributed by atoms with Gasteiger partial charge in [0.15, 0.2) is 0 Å². The van der Waals surface area contributed by atoms with E-state index >= 15 is 0 Å². The summed E-state index contributed by atoms with van der Waals surface area (Å²) in [5, 5.41) is 9.10. The second-order valence-electron chi connectivity index (χ2n) is 4.60. The molecule has 4 nitrogen and oxygen atoms in total. The minimum Gasteiger partial charge on any atom is -0.469 e. The number of benzene rings is 1. The zero-order valence-corrected chi connectivity index (χ0v) is 11.4. The van der Waals surface area contributed by atoms with Gasteiger partial charge in [0.1, 0.15) is 5.76 Å². The average Bonchev–Trinajstić information content (AvgIpc) is 2.99. The lowest BCUT2D eigenvalue weighted by molar-refractivity contribution is -0.132. The Bertz CT molecular complexity index is 508. The summed E-state index contributed by atoms with van der Waals surface area (Å²) >= 11 is 0. The SMILES string of the molecule is O=C(CCc1ccco1)N(CCO)Cc1ccccc1. The zero-order valence-electron chi connectivity index (χ0n) is 11.4. The summed E-state index contributed by atoms with van der Waals surface area (Å²) in [7, 11) is 0. The summed E-state index contributed by atoms with van der Waals surface area (Å²) in [6.45, 7) is 0.851. The van der Waals surface area contributed by atoms with Gasteiger partial charge in [-0.2, -0.15) is 0 Å². The van der Waals surface area contributed by atoms with Gasteiger partial charge in [-0.1, -0.05) is 30.3 Å². The molecule has 2 rings (SSSR count). The standard InChI is InChI=1S/C16H19NO3/c18-11-10-17(13-14-5-2-1-3-6-14)16(19)9-8-15-7-4-12-20-15/h1-7,12,18H,8-11,13H2. The van der Waals surface area contributed by atoms with Gasteiger partial charge in [-0.3, -0.25) is 4.79 Å². The van der Waals surface area contributed by atoms with Crippen molar-refractivity contribution in [1.29, 1.82) is 0 Å². The van der Waals surface area contributed by atoms with E-state index in [0.29, 0.717) is 25.9 Å². The first kappa shape index (κ1) is 14.3. The molecule has 2 aromatic rings. The van der Waals surface area contributed by atoms with E-state index in [9.17, 15) is 4.79 Å². The molecule has 1 N–H and O–H groups in total. The molecule has 1 aromatic heterocycles. The van der Waals surface area contributed by atoms with Crippen LogP contribution in [0.2, 0.25) is 0 Å². The van der Waals surface area contributed by atoms with Gasteiger partial charge >= 0.3 is 0 Å². The van der Waals surface area contributed by atoms with Gasteiger partial charge in [0.2, 0.25) is 5.91 Å². The first-order valence-corrected chi connectivity index (χ1v) is 6.74.